The molecule has 6 rings (SSSR count). The molecule has 0 spiro atoms. The van der Waals surface area contributed by atoms with Crippen molar-refractivity contribution in [3.05, 3.63) is 101 Å². The molecular formula is C27H21ClN8O. The number of H-pyrrole nitrogens is 2. The van der Waals surface area contributed by atoms with Crippen LogP contribution in [-0.2, 0) is 6.61 Å². The summed E-state index contributed by atoms with van der Waals surface area (Å²) < 4.78 is 5.92. The quantitative estimate of drug-likeness (QED) is 0.241. The highest BCUT2D eigenvalue weighted by molar-refractivity contribution is 6.33. The molecule has 0 bridgehead atoms. The van der Waals surface area contributed by atoms with Crippen molar-refractivity contribution in [3.63, 3.8) is 0 Å². The first-order chi connectivity index (χ1) is 18.1. The number of nitrogens with zero attached hydrogens (tertiary/aromatic N) is 5. The number of fused-ring (bicyclic) bond motifs is 2. The van der Waals surface area contributed by atoms with Gasteiger partial charge in [-0.3, -0.25) is 0 Å². The number of hydrogen-bond acceptors (Lipinski definition) is 7. The zero-order valence-corrected chi connectivity index (χ0v) is 20.5. The maximum Gasteiger partial charge on any atom is 0.158 e. The van der Waals surface area contributed by atoms with Crippen LogP contribution >= 0.6 is 11.6 Å². The van der Waals surface area contributed by atoms with Crippen molar-refractivity contribution >= 4 is 45.2 Å². The summed E-state index contributed by atoms with van der Waals surface area (Å²) in [7, 11) is 0. The van der Waals surface area contributed by atoms with Crippen molar-refractivity contribution < 1.29 is 4.74 Å². The fourth-order valence-corrected chi connectivity index (χ4v) is 3.94. The maximum atomic E-state index is 9.18. The number of rotatable bonds is 5. The number of halogens is 1. The number of aryl methyl sites for hydroxylation is 1. The zero-order valence-electron chi connectivity index (χ0n) is 19.7. The molecule has 10 heteroatoms. The van der Waals surface area contributed by atoms with Gasteiger partial charge < -0.3 is 20.0 Å². The van der Waals surface area contributed by atoms with Crippen molar-refractivity contribution in [3.8, 4) is 11.8 Å². The van der Waals surface area contributed by atoms with Crippen LogP contribution in [0.2, 0.25) is 5.15 Å². The predicted octanol–water partition coefficient (Wildman–Crippen LogP) is 6.07. The van der Waals surface area contributed by atoms with Gasteiger partial charge in [0.15, 0.2) is 11.0 Å². The summed E-state index contributed by atoms with van der Waals surface area (Å²) >= 11 is 5.72. The van der Waals surface area contributed by atoms with Crippen molar-refractivity contribution in [2.45, 2.75) is 13.5 Å². The van der Waals surface area contributed by atoms with Gasteiger partial charge in [-0.2, -0.15) is 5.26 Å². The fourth-order valence-electron chi connectivity index (χ4n) is 3.74. The van der Waals surface area contributed by atoms with Crippen molar-refractivity contribution in [2.75, 3.05) is 5.32 Å². The van der Waals surface area contributed by atoms with E-state index < -0.39 is 0 Å². The molecular weight excluding hydrogens is 488 g/mol. The van der Waals surface area contributed by atoms with Crippen LogP contribution in [0, 0.1) is 18.3 Å². The molecule has 3 N–H and O–H groups in total. The molecule has 0 radical (unpaired) electrons. The largest absolute Gasteiger partial charge is 0.489 e. The highest BCUT2D eigenvalue weighted by atomic mass is 35.5. The molecule has 0 fully saturated rings. The third-order valence-corrected chi connectivity index (χ3v) is 5.89. The molecule has 0 aliphatic carbocycles. The van der Waals surface area contributed by atoms with Gasteiger partial charge in [0.05, 0.1) is 22.7 Å². The van der Waals surface area contributed by atoms with E-state index in [1.807, 2.05) is 61.7 Å². The third kappa shape index (κ3) is 5.34. The number of aromatic amines is 2. The van der Waals surface area contributed by atoms with Gasteiger partial charge in [0.1, 0.15) is 36.0 Å². The van der Waals surface area contributed by atoms with Gasteiger partial charge in [-0.15, -0.1) is 0 Å². The van der Waals surface area contributed by atoms with Crippen LogP contribution in [0.4, 0.5) is 11.5 Å². The highest BCUT2D eigenvalue weighted by Crippen LogP contribution is 2.27. The molecule has 4 aromatic heterocycles. The van der Waals surface area contributed by atoms with E-state index >= 15 is 0 Å². The number of nitriles is 1. The highest BCUT2D eigenvalue weighted by Gasteiger charge is 2.08. The lowest BCUT2D eigenvalue weighted by atomic mass is 10.1. The lowest BCUT2D eigenvalue weighted by Gasteiger charge is -2.12. The molecule has 4 heterocycles. The standard InChI is InChI=1S/C21H17N5O.C6H4ClN3/c1-14-10-17(26-21-20-18(8-9-23-20)24-13-25-21)6-7-19(14)27-12-16-5-3-2-4-15(16)11-22;7-6-5-4(1-2-8-5)9-3-10-6/h2-10,13,23H,12H2,1H3,(H,24,25,26);1-3,8H. The second kappa shape index (κ2) is 10.8. The molecule has 9 nitrogen and oxygen atoms in total. The maximum absolute atomic E-state index is 9.18. The summed E-state index contributed by atoms with van der Waals surface area (Å²) in [6, 6.07) is 19.3. The Hall–Kier alpha value is -4.94. The third-order valence-electron chi connectivity index (χ3n) is 5.60. The molecule has 37 heavy (non-hydrogen) atoms. The van der Waals surface area contributed by atoms with Gasteiger partial charge in [-0.05, 0) is 48.9 Å². The van der Waals surface area contributed by atoms with Gasteiger partial charge in [0, 0.05) is 23.6 Å². The van der Waals surface area contributed by atoms with Gasteiger partial charge in [-0.25, -0.2) is 19.9 Å². The van der Waals surface area contributed by atoms with Crippen molar-refractivity contribution in [1.29, 1.82) is 5.26 Å². The lowest BCUT2D eigenvalue weighted by molar-refractivity contribution is 0.304. The Morgan fingerprint density at radius 1 is 0.919 bits per heavy atom. The number of nitrogens with one attached hydrogen (secondary N) is 3. The zero-order chi connectivity index (χ0) is 25.6. The van der Waals surface area contributed by atoms with Crippen LogP contribution < -0.4 is 10.1 Å². The number of ether oxygens (including phenoxy) is 1. The summed E-state index contributed by atoms with van der Waals surface area (Å²) in [6.45, 7) is 2.34. The first kappa shape index (κ1) is 23.8. The fraction of sp³-hybridized carbons (Fsp3) is 0.0741. The summed E-state index contributed by atoms with van der Waals surface area (Å²) in [5, 5.41) is 13.0. The van der Waals surface area contributed by atoms with Gasteiger partial charge >= 0.3 is 0 Å². The second-order valence-electron chi connectivity index (χ2n) is 8.03. The molecule has 2 aromatic carbocycles. The average molecular weight is 509 g/mol. The molecule has 182 valence electrons. The molecule has 0 aliphatic heterocycles. The van der Waals surface area contributed by atoms with E-state index in [2.05, 4.69) is 41.3 Å². The topological polar surface area (TPSA) is 128 Å². The first-order valence-electron chi connectivity index (χ1n) is 11.3. The van der Waals surface area contributed by atoms with E-state index in [-0.39, 0.29) is 0 Å². The SMILES string of the molecule is Cc1cc(Nc2ncnc3cc[nH]c23)ccc1OCc1ccccc1C#N.Clc1ncnc2cc[nH]c12. The Morgan fingerprint density at radius 3 is 2.41 bits per heavy atom. The molecule has 0 amide bonds. The van der Waals surface area contributed by atoms with Gasteiger partial charge in [0.2, 0.25) is 0 Å². The molecule has 0 unspecified atom stereocenters. The normalized spacial score (nSPS) is 10.5. The predicted molar refractivity (Wildman–Crippen MR) is 143 cm³/mol. The summed E-state index contributed by atoms with van der Waals surface area (Å²) in [4.78, 5) is 22.4. The van der Waals surface area contributed by atoms with E-state index in [9.17, 15) is 5.26 Å². The molecule has 6 aromatic rings. The van der Waals surface area contributed by atoms with E-state index in [4.69, 9.17) is 16.3 Å². The summed E-state index contributed by atoms with van der Waals surface area (Å²) in [5.74, 6) is 1.50. The Labute approximate surface area is 217 Å². The minimum Gasteiger partial charge on any atom is -0.489 e. The van der Waals surface area contributed by atoms with Crippen LogP contribution in [0.5, 0.6) is 5.75 Å². The average Bonchev–Trinajstić information content (AvgIpc) is 3.60. The Balaban J connectivity index is 0.000000233. The minimum atomic E-state index is 0.354. The van der Waals surface area contributed by atoms with E-state index in [0.717, 1.165) is 50.4 Å². The number of aromatic nitrogens is 6. The number of hydrogen-bond donors (Lipinski definition) is 3. The molecule has 0 aliphatic rings. The first-order valence-corrected chi connectivity index (χ1v) is 11.7. The minimum absolute atomic E-state index is 0.354. The van der Waals surface area contributed by atoms with E-state index in [0.29, 0.717) is 17.3 Å². The van der Waals surface area contributed by atoms with Crippen LogP contribution in [0.15, 0.2) is 79.6 Å². The van der Waals surface area contributed by atoms with Crippen molar-refractivity contribution in [2.24, 2.45) is 0 Å². The molecule has 0 saturated carbocycles. The Bertz CT molecular complexity index is 1720. The van der Waals surface area contributed by atoms with Crippen LogP contribution in [0.25, 0.3) is 22.1 Å². The number of anilines is 2. The molecule has 0 saturated heterocycles. The Kier molecular flexibility index (Phi) is 6.92. The van der Waals surface area contributed by atoms with Crippen LogP contribution in [0.1, 0.15) is 16.7 Å². The van der Waals surface area contributed by atoms with Crippen LogP contribution in [0.3, 0.4) is 0 Å². The van der Waals surface area contributed by atoms with Gasteiger partial charge in [-0.1, -0.05) is 29.8 Å². The molecule has 0 atom stereocenters. The van der Waals surface area contributed by atoms with E-state index in [1.165, 1.54) is 12.7 Å². The summed E-state index contributed by atoms with van der Waals surface area (Å²) in [6.07, 6.45) is 6.60. The smallest absolute Gasteiger partial charge is 0.158 e. The van der Waals surface area contributed by atoms with E-state index in [1.54, 1.807) is 12.3 Å². The van der Waals surface area contributed by atoms with Crippen LogP contribution in [-0.4, -0.2) is 29.9 Å². The monoisotopic (exact) mass is 508 g/mol. The van der Waals surface area contributed by atoms with Crippen molar-refractivity contribution in [1.82, 2.24) is 29.9 Å². The number of benzene rings is 2. The lowest BCUT2D eigenvalue weighted by Crippen LogP contribution is -2.00. The van der Waals surface area contributed by atoms with Gasteiger partial charge in [0.25, 0.3) is 0 Å². The second-order valence-corrected chi connectivity index (χ2v) is 8.38. The summed E-state index contributed by atoms with van der Waals surface area (Å²) in [5.41, 5.74) is 6.77. The Morgan fingerprint density at radius 2 is 1.65 bits per heavy atom.